The Morgan fingerprint density at radius 2 is 1.80 bits per heavy atom. The highest BCUT2D eigenvalue weighted by molar-refractivity contribution is 7.90. The van der Waals surface area contributed by atoms with Gasteiger partial charge in [0.1, 0.15) is 5.60 Å². The molecule has 0 radical (unpaired) electrons. The van der Waals surface area contributed by atoms with Crippen molar-refractivity contribution >= 4 is 27.0 Å². The van der Waals surface area contributed by atoms with Crippen molar-refractivity contribution in [2.24, 2.45) is 0 Å². The lowest BCUT2D eigenvalue weighted by atomic mass is 9.85. The smallest absolute Gasteiger partial charge is 0.341 e. The van der Waals surface area contributed by atoms with E-state index in [2.05, 4.69) is 4.98 Å². The van der Waals surface area contributed by atoms with Crippen LogP contribution >= 0.6 is 0 Å². The van der Waals surface area contributed by atoms with Crippen LogP contribution < -0.4 is 0 Å². The molecule has 3 rings (SSSR count). The molecule has 1 aliphatic heterocycles. The summed E-state index contributed by atoms with van der Waals surface area (Å²) in [5, 5.41) is 0. The third kappa shape index (κ3) is 3.09. The van der Waals surface area contributed by atoms with Crippen LogP contribution in [0.3, 0.4) is 0 Å². The first kappa shape index (κ1) is 17.4. The number of hydrogen-bond acceptors (Lipinski definition) is 5. The van der Waals surface area contributed by atoms with E-state index in [0.717, 1.165) is 11.1 Å². The summed E-state index contributed by atoms with van der Waals surface area (Å²) in [5.41, 5.74) is 1.68. The lowest BCUT2D eigenvalue weighted by Gasteiger charge is -2.25. The second-order valence-corrected chi connectivity index (χ2v) is 8.25. The summed E-state index contributed by atoms with van der Waals surface area (Å²) in [7, 11) is -3.28. The first-order chi connectivity index (χ1) is 11.8. The van der Waals surface area contributed by atoms with Gasteiger partial charge in [-0.1, -0.05) is 25.1 Å². The Morgan fingerprint density at radius 3 is 2.32 bits per heavy atom. The Balaban J connectivity index is 2.23. The minimum Gasteiger partial charge on any atom is -0.451 e. The summed E-state index contributed by atoms with van der Waals surface area (Å²) in [6.45, 7) is 3.81. The average Bonchev–Trinajstić information content (AvgIpc) is 2.86. The van der Waals surface area contributed by atoms with Crippen molar-refractivity contribution < 1.29 is 17.9 Å². The van der Waals surface area contributed by atoms with Crippen LogP contribution in [0.5, 0.6) is 0 Å². The Morgan fingerprint density at radius 1 is 1.12 bits per heavy atom. The fraction of sp³-hybridized carbons (Fsp3) is 0.263. The highest BCUT2D eigenvalue weighted by Crippen LogP contribution is 2.45. The van der Waals surface area contributed by atoms with Crippen molar-refractivity contribution in [3.05, 3.63) is 59.9 Å². The quantitative estimate of drug-likeness (QED) is 0.786. The summed E-state index contributed by atoms with van der Waals surface area (Å²) >= 11 is 0. The number of carbonyl (C=O) groups is 1. The Bertz CT molecular complexity index is 947. The number of esters is 1. The molecule has 0 N–H and O–H groups in total. The number of aromatic nitrogens is 1. The molecule has 0 aliphatic carbocycles. The molecule has 0 amide bonds. The van der Waals surface area contributed by atoms with Gasteiger partial charge in [0.15, 0.2) is 9.84 Å². The fourth-order valence-corrected chi connectivity index (χ4v) is 3.61. The molecule has 1 atom stereocenters. The van der Waals surface area contributed by atoms with Crippen molar-refractivity contribution in [3.63, 3.8) is 0 Å². The molecule has 5 nitrogen and oxygen atoms in total. The van der Waals surface area contributed by atoms with Gasteiger partial charge in [-0.25, -0.2) is 13.2 Å². The molecule has 2 heterocycles. The number of nitrogens with zero attached hydrogens (tertiary/aromatic N) is 1. The molecule has 1 aromatic heterocycles. The number of benzene rings is 1. The van der Waals surface area contributed by atoms with Gasteiger partial charge in [0.2, 0.25) is 0 Å². The summed E-state index contributed by atoms with van der Waals surface area (Å²) in [6, 6.07) is 11.9. The fourth-order valence-electron chi connectivity index (χ4n) is 2.98. The molecule has 130 valence electrons. The van der Waals surface area contributed by atoms with Gasteiger partial charge < -0.3 is 4.74 Å². The molecule has 6 heteroatoms. The zero-order valence-electron chi connectivity index (χ0n) is 14.3. The van der Waals surface area contributed by atoms with Gasteiger partial charge in [-0.2, -0.15) is 0 Å². The first-order valence-electron chi connectivity index (χ1n) is 7.96. The molecule has 0 bridgehead atoms. The van der Waals surface area contributed by atoms with E-state index in [1.54, 1.807) is 42.6 Å². The van der Waals surface area contributed by atoms with E-state index in [-0.39, 0.29) is 4.90 Å². The van der Waals surface area contributed by atoms with Gasteiger partial charge >= 0.3 is 5.97 Å². The maximum atomic E-state index is 12.5. The van der Waals surface area contributed by atoms with Gasteiger partial charge in [0.25, 0.3) is 0 Å². The van der Waals surface area contributed by atoms with Crippen LogP contribution in [0, 0.1) is 0 Å². The maximum absolute atomic E-state index is 12.5. The third-order valence-corrected chi connectivity index (χ3v) is 5.60. The van der Waals surface area contributed by atoms with Gasteiger partial charge in [-0.3, -0.25) is 4.98 Å². The number of ether oxygens (including phenoxy) is 1. The van der Waals surface area contributed by atoms with Crippen LogP contribution in [0.15, 0.2) is 53.6 Å². The largest absolute Gasteiger partial charge is 0.451 e. The topological polar surface area (TPSA) is 73.3 Å². The van der Waals surface area contributed by atoms with Crippen molar-refractivity contribution in [3.8, 4) is 0 Å². The minimum absolute atomic E-state index is 0.236. The highest BCUT2D eigenvalue weighted by atomic mass is 32.2. The van der Waals surface area contributed by atoms with E-state index in [1.165, 1.54) is 6.26 Å². The molecule has 0 fully saturated rings. The lowest BCUT2D eigenvalue weighted by Crippen LogP contribution is -2.26. The zero-order valence-corrected chi connectivity index (χ0v) is 15.1. The number of hydrogen-bond donors (Lipinski definition) is 0. The van der Waals surface area contributed by atoms with Crippen molar-refractivity contribution in [2.45, 2.75) is 30.8 Å². The van der Waals surface area contributed by atoms with Gasteiger partial charge in [0.05, 0.1) is 16.2 Å². The van der Waals surface area contributed by atoms with Crippen LogP contribution in [0.2, 0.25) is 0 Å². The van der Waals surface area contributed by atoms with E-state index in [9.17, 15) is 13.2 Å². The Kier molecular flexibility index (Phi) is 4.24. The summed E-state index contributed by atoms with van der Waals surface area (Å²) in [6.07, 6.45) is 3.39. The van der Waals surface area contributed by atoms with E-state index in [1.807, 2.05) is 19.9 Å². The number of cyclic esters (lactones) is 1. The molecule has 25 heavy (non-hydrogen) atoms. The Hall–Kier alpha value is -2.47. The zero-order chi connectivity index (χ0) is 18.2. The maximum Gasteiger partial charge on any atom is 0.341 e. The van der Waals surface area contributed by atoms with E-state index in [0.29, 0.717) is 17.7 Å². The summed E-state index contributed by atoms with van der Waals surface area (Å²) in [5.74, 6) is -0.412. The first-order valence-corrected chi connectivity index (χ1v) is 9.85. The van der Waals surface area contributed by atoms with Crippen molar-refractivity contribution in [1.29, 1.82) is 0 Å². The molecule has 1 unspecified atom stereocenters. The van der Waals surface area contributed by atoms with E-state index >= 15 is 0 Å². The normalized spacial score (nSPS) is 20.7. The standard InChI is InChI=1S/C19H19NO4S/c1-4-19(2)17(13-8-10-14(11-9-13)25(3,22)23)16(18(21)24-19)15-7-5-6-12-20-15/h5-12H,4H2,1-3H3. The van der Waals surface area contributed by atoms with E-state index in [4.69, 9.17) is 4.74 Å². The summed E-state index contributed by atoms with van der Waals surface area (Å²) in [4.78, 5) is 17.1. The second-order valence-electron chi connectivity index (χ2n) is 6.24. The lowest BCUT2D eigenvalue weighted by molar-refractivity contribution is -0.143. The second kappa shape index (κ2) is 6.11. The number of sulfone groups is 1. The molecule has 1 aromatic carbocycles. The molecule has 1 aliphatic rings. The average molecular weight is 357 g/mol. The van der Waals surface area contributed by atoms with Crippen LogP contribution in [0.4, 0.5) is 0 Å². The molecular weight excluding hydrogens is 338 g/mol. The van der Waals surface area contributed by atoms with Crippen LogP contribution in [-0.4, -0.2) is 31.2 Å². The Labute approximate surface area is 147 Å². The molecule has 0 saturated carbocycles. The molecular formula is C19H19NO4S. The van der Waals surface area contributed by atoms with Gasteiger partial charge in [-0.15, -0.1) is 0 Å². The number of carbonyl (C=O) groups excluding carboxylic acids is 1. The van der Waals surface area contributed by atoms with Crippen LogP contribution in [0.25, 0.3) is 11.1 Å². The number of pyridine rings is 1. The monoisotopic (exact) mass is 357 g/mol. The molecule has 0 spiro atoms. The molecule has 0 saturated heterocycles. The van der Waals surface area contributed by atoms with Gasteiger partial charge in [-0.05, 0) is 43.2 Å². The van der Waals surface area contributed by atoms with E-state index < -0.39 is 21.4 Å². The SMILES string of the molecule is CCC1(C)OC(=O)C(c2ccccn2)=C1c1ccc(S(C)(=O)=O)cc1. The minimum atomic E-state index is -3.28. The molecule has 2 aromatic rings. The predicted molar refractivity (Wildman–Crippen MR) is 95.4 cm³/mol. The predicted octanol–water partition coefficient (Wildman–Crippen LogP) is 3.12. The van der Waals surface area contributed by atoms with Crippen LogP contribution in [0.1, 0.15) is 31.5 Å². The van der Waals surface area contributed by atoms with Crippen LogP contribution in [-0.2, 0) is 19.4 Å². The van der Waals surface area contributed by atoms with Crippen molar-refractivity contribution in [2.75, 3.05) is 6.26 Å². The highest BCUT2D eigenvalue weighted by Gasteiger charge is 2.44. The van der Waals surface area contributed by atoms with Crippen molar-refractivity contribution in [1.82, 2.24) is 4.98 Å². The van der Waals surface area contributed by atoms with Gasteiger partial charge in [0, 0.05) is 18.0 Å². The third-order valence-electron chi connectivity index (χ3n) is 4.47. The summed E-state index contributed by atoms with van der Waals surface area (Å²) < 4.78 is 29.0. The number of rotatable bonds is 4.